The molecule has 0 radical (unpaired) electrons. The minimum absolute atomic E-state index is 0.269. The van der Waals surface area contributed by atoms with Crippen LogP contribution in [0.2, 0.25) is 0 Å². The lowest BCUT2D eigenvalue weighted by molar-refractivity contribution is -0.140. The molecule has 1 unspecified atom stereocenters. The van der Waals surface area contributed by atoms with Gasteiger partial charge in [0.05, 0.1) is 11.7 Å². The molecule has 2 aromatic rings. The van der Waals surface area contributed by atoms with Gasteiger partial charge in [-0.2, -0.15) is 13.2 Å². The number of hydrogen-bond donors (Lipinski definition) is 2. The Bertz CT molecular complexity index is 726. The molecule has 2 aromatic carbocycles. The zero-order valence-electron chi connectivity index (χ0n) is 12.0. The fourth-order valence-electron chi connectivity index (χ4n) is 2.05. The number of carbonyl (C=O) groups excluding carboxylic acids is 1. The van der Waals surface area contributed by atoms with E-state index in [0.29, 0.717) is 17.7 Å². The molecule has 0 aromatic heterocycles. The van der Waals surface area contributed by atoms with Crippen LogP contribution in [-0.2, 0) is 6.18 Å². The van der Waals surface area contributed by atoms with E-state index in [1.54, 1.807) is 18.2 Å². The molecular formula is C16H13F4NO2. The van der Waals surface area contributed by atoms with Crippen LogP contribution in [0.3, 0.4) is 0 Å². The van der Waals surface area contributed by atoms with E-state index in [-0.39, 0.29) is 11.3 Å². The first-order chi connectivity index (χ1) is 10.7. The molecule has 23 heavy (non-hydrogen) atoms. The molecule has 0 aliphatic carbocycles. The number of rotatable bonds is 3. The van der Waals surface area contributed by atoms with Gasteiger partial charge < -0.3 is 10.4 Å². The third-order valence-corrected chi connectivity index (χ3v) is 3.19. The first kappa shape index (κ1) is 17.0. The molecule has 0 aliphatic heterocycles. The van der Waals surface area contributed by atoms with Crippen LogP contribution in [0, 0.1) is 5.82 Å². The molecular weight excluding hydrogens is 314 g/mol. The van der Waals surface area contributed by atoms with Crippen LogP contribution in [-0.4, -0.2) is 11.0 Å². The van der Waals surface area contributed by atoms with Gasteiger partial charge in [-0.3, -0.25) is 4.79 Å². The number of alkyl halides is 3. The Morgan fingerprint density at radius 3 is 2.43 bits per heavy atom. The van der Waals surface area contributed by atoms with E-state index >= 15 is 0 Å². The molecule has 2 N–H and O–H groups in total. The molecule has 1 amide bonds. The minimum Gasteiger partial charge on any atom is -0.389 e. The number of carbonyl (C=O) groups is 1. The second kappa shape index (κ2) is 6.37. The van der Waals surface area contributed by atoms with Crippen LogP contribution in [0.1, 0.15) is 34.5 Å². The van der Waals surface area contributed by atoms with Crippen LogP contribution in [0.15, 0.2) is 42.5 Å². The van der Waals surface area contributed by atoms with Crippen LogP contribution < -0.4 is 5.32 Å². The van der Waals surface area contributed by atoms with Gasteiger partial charge in [-0.05, 0) is 31.2 Å². The maximum absolute atomic E-state index is 13.2. The van der Waals surface area contributed by atoms with Crippen LogP contribution >= 0.6 is 0 Å². The molecule has 2 rings (SSSR count). The summed E-state index contributed by atoms with van der Waals surface area (Å²) in [5.74, 6) is -2.28. The summed E-state index contributed by atoms with van der Waals surface area (Å²) < 4.78 is 51.3. The Hall–Kier alpha value is -2.41. The van der Waals surface area contributed by atoms with Gasteiger partial charge in [0.25, 0.3) is 5.91 Å². The van der Waals surface area contributed by atoms with Crippen molar-refractivity contribution in [2.75, 3.05) is 5.32 Å². The predicted octanol–water partition coefficient (Wildman–Crippen LogP) is 4.15. The zero-order valence-corrected chi connectivity index (χ0v) is 12.0. The van der Waals surface area contributed by atoms with Gasteiger partial charge in [-0.15, -0.1) is 0 Å². The van der Waals surface area contributed by atoms with Crippen molar-refractivity contribution in [2.24, 2.45) is 0 Å². The van der Waals surface area contributed by atoms with Crippen LogP contribution in [0.4, 0.5) is 23.2 Å². The Balaban J connectivity index is 2.32. The van der Waals surface area contributed by atoms with Crippen LogP contribution in [0.25, 0.3) is 0 Å². The molecule has 1 atom stereocenters. The molecule has 122 valence electrons. The van der Waals surface area contributed by atoms with Crippen molar-refractivity contribution in [2.45, 2.75) is 19.2 Å². The number of halogens is 4. The van der Waals surface area contributed by atoms with Crippen molar-refractivity contribution in [1.29, 1.82) is 0 Å². The van der Waals surface area contributed by atoms with Crippen LogP contribution in [0.5, 0.6) is 0 Å². The van der Waals surface area contributed by atoms with E-state index in [0.717, 1.165) is 6.07 Å². The fraction of sp³-hybridized carbons (Fsp3) is 0.188. The summed E-state index contributed by atoms with van der Waals surface area (Å²) in [4.78, 5) is 12.1. The van der Waals surface area contributed by atoms with Gasteiger partial charge in [0, 0.05) is 16.8 Å². The summed E-state index contributed by atoms with van der Waals surface area (Å²) in [6, 6.07) is 8.35. The number of hydrogen-bond acceptors (Lipinski definition) is 2. The van der Waals surface area contributed by atoms with Gasteiger partial charge in [0.1, 0.15) is 5.82 Å². The molecule has 7 heteroatoms. The molecule has 0 spiro atoms. The standard InChI is InChI=1S/C16H13F4NO2/c1-9(22)11-4-2-3-5-14(11)21-15(23)10-6-7-13(17)12(8-10)16(18,19)20/h2-9,22H,1H3,(H,21,23). The summed E-state index contributed by atoms with van der Waals surface area (Å²) >= 11 is 0. The van der Waals surface area contributed by atoms with Gasteiger partial charge in [0.15, 0.2) is 0 Å². The van der Waals surface area contributed by atoms with Crippen molar-refractivity contribution in [3.05, 3.63) is 65.0 Å². The summed E-state index contributed by atoms with van der Waals surface area (Å²) in [6.45, 7) is 1.49. The number of amides is 1. The second-order valence-corrected chi connectivity index (χ2v) is 4.91. The maximum atomic E-state index is 13.2. The van der Waals surface area contributed by atoms with E-state index in [4.69, 9.17) is 0 Å². The molecule has 0 fully saturated rings. The SMILES string of the molecule is CC(O)c1ccccc1NC(=O)c1ccc(F)c(C(F)(F)F)c1. The number of aliphatic hydroxyl groups excluding tert-OH is 1. The summed E-state index contributed by atoms with van der Waals surface area (Å²) in [7, 11) is 0. The fourth-order valence-corrected chi connectivity index (χ4v) is 2.05. The number of nitrogens with one attached hydrogen (secondary N) is 1. The highest BCUT2D eigenvalue weighted by atomic mass is 19.4. The molecule has 0 bridgehead atoms. The van der Waals surface area contributed by atoms with E-state index in [9.17, 15) is 27.5 Å². The molecule has 0 saturated carbocycles. The lowest BCUT2D eigenvalue weighted by Gasteiger charge is -2.14. The average Bonchev–Trinajstić information content (AvgIpc) is 2.46. The van der Waals surface area contributed by atoms with E-state index in [2.05, 4.69) is 5.32 Å². The van der Waals surface area contributed by atoms with Gasteiger partial charge in [0.2, 0.25) is 0 Å². The molecule has 3 nitrogen and oxygen atoms in total. The zero-order chi connectivity index (χ0) is 17.2. The Labute approximate surface area is 129 Å². The van der Waals surface area contributed by atoms with Crippen molar-refractivity contribution < 1.29 is 27.5 Å². The molecule has 0 aliphatic rings. The third-order valence-electron chi connectivity index (χ3n) is 3.19. The highest BCUT2D eigenvalue weighted by Gasteiger charge is 2.34. The highest BCUT2D eigenvalue weighted by Crippen LogP contribution is 2.32. The summed E-state index contributed by atoms with van der Waals surface area (Å²) in [6.07, 6.45) is -5.76. The maximum Gasteiger partial charge on any atom is 0.419 e. The summed E-state index contributed by atoms with van der Waals surface area (Å²) in [5.41, 5.74) is -1.16. The first-order valence-electron chi connectivity index (χ1n) is 6.65. The Morgan fingerprint density at radius 1 is 1.17 bits per heavy atom. The minimum atomic E-state index is -4.89. The Kier molecular flexibility index (Phi) is 4.70. The normalized spacial score (nSPS) is 12.8. The quantitative estimate of drug-likeness (QED) is 0.832. The van der Waals surface area contributed by atoms with E-state index in [1.165, 1.54) is 13.0 Å². The second-order valence-electron chi connectivity index (χ2n) is 4.91. The van der Waals surface area contributed by atoms with Crippen molar-refractivity contribution in [3.8, 4) is 0 Å². The van der Waals surface area contributed by atoms with E-state index < -0.39 is 29.6 Å². The highest BCUT2D eigenvalue weighted by molar-refractivity contribution is 6.04. The van der Waals surface area contributed by atoms with Crippen molar-refractivity contribution in [3.63, 3.8) is 0 Å². The van der Waals surface area contributed by atoms with Crippen molar-refractivity contribution >= 4 is 11.6 Å². The summed E-state index contributed by atoms with van der Waals surface area (Å²) in [5, 5.41) is 12.0. The van der Waals surface area contributed by atoms with Gasteiger partial charge in [-0.25, -0.2) is 4.39 Å². The number of anilines is 1. The van der Waals surface area contributed by atoms with Gasteiger partial charge >= 0.3 is 6.18 Å². The Morgan fingerprint density at radius 2 is 1.83 bits per heavy atom. The lowest BCUT2D eigenvalue weighted by atomic mass is 10.1. The first-order valence-corrected chi connectivity index (χ1v) is 6.65. The number of para-hydroxylation sites is 1. The number of aliphatic hydroxyl groups is 1. The van der Waals surface area contributed by atoms with E-state index in [1.807, 2.05) is 0 Å². The molecule has 0 heterocycles. The molecule has 0 saturated heterocycles. The smallest absolute Gasteiger partial charge is 0.389 e. The largest absolute Gasteiger partial charge is 0.419 e. The lowest BCUT2D eigenvalue weighted by Crippen LogP contribution is -2.16. The van der Waals surface area contributed by atoms with Crippen molar-refractivity contribution in [1.82, 2.24) is 0 Å². The number of benzene rings is 2. The predicted molar refractivity (Wildman–Crippen MR) is 76.4 cm³/mol. The van der Waals surface area contributed by atoms with Gasteiger partial charge in [-0.1, -0.05) is 18.2 Å². The monoisotopic (exact) mass is 327 g/mol. The average molecular weight is 327 g/mol. The third kappa shape index (κ3) is 3.87. The topological polar surface area (TPSA) is 49.3 Å².